The first-order valence-corrected chi connectivity index (χ1v) is 11.7. The number of benzene rings is 2. The molecule has 5 nitrogen and oxygen atoms in total. The largest absolute Gasteiger partial charge is 0.352 e. The number of nitrogens with one attached hydrogen (secondary N) is 1. The SMILES string of the molecule is Cc1cccc(N(CC(=O)NC2CC3CCC2C3)S(=O)(=O)c2ccccc2)c1C. The third-order valence-corrected chi connectivity index (χ3v) is 8.32. The Balaban J connectivity index is 1.63. The van der Waals surface area contributed by atoms with Crippen LogP contribution in [0.3, 0.4) is 0 Å². The topological polar surface area (TPSA) is 66.5 Å². The number of hydrogen-bond acceptors (Lipinski definition) is 3. The van der Waals surface area contributed by atoms with Crippen molar-refractivity contribution in [2.24, 2.45) is 11.8 Å². The van der Waals surface area contributed by atoms with E-state index in [2.05, 4.69) is 5.32 Å². The summed E-state index contributed by atoms with van der Waals surface area (Å²) in [6, 6.07) is 14.0. The van der Waals surface area contributed by atoms with Gasteiger partial charge in [0.05, 0.1) is 10.6 Å². The molecule has 2 aliphatic rings. The van der Waals surface area contributed by atoms with E-state index in [0.29, 0.717) is 17.5 Å². The van der Waals surface area contributed by atoms with Crippen LogP contribution in [0.25, 0.3) is 0 Å². The van der Waals surface area contributed by atoms with Crippen LogP contribution in [0.15, 0.2) is 53.4 Å². The minimum atomic E-state index is -3.86. The second-order valence-corrected chi connectivity index (χ2v) is 10.3. The van der Waals surface area contributed by atoms with Crippen LogP contribution in [0, 0.1) is 25.7 Å². The van der Waals surface area contributed by atoms with E-state index < -0.39 is 10.0 Å². The summed E-state index contributed by atoms with van der Waals surface area (Å²) in [6.07, 6.45) is 4.63. The minimum absolute atomic E-state index is 0.182. The third kappa shape index (κ3) is 3.90. The minimum Gasteiger partial charge on any atom is -0.352 e. The van der Waals surface area contributed by atoms with E-state index in [9.17, 15) is 13.2 Å². The van der Waals surface area contributed by atoms with Gasteiger partial charge >= 0.3 is 0 Å². The molecule has 0 heterocycles. The molecule has 1 N–H and O–H groups in total. The van der Waals surface area contributed by atoms with E-state index in [0.717, 1.165) is 17.5 Å². The lowest BCUT2D eigenvalue weighted by Gasteiger charge is -2.28. The van der Waals surface area contributed by atoms with Gasteiger partial charge in [-0.05, 0) is 74.3 Å². The molecule has 1 amide bonds. The quantitative estimate of drug-likeness (QED) is 0.785. The van der Waals surface area contributed by atoms with Gasteiger partial charge in [-0.15, -0.1) is 0 Å². The van der Waals surface area contributed by atoms with Crippen LogP contribution in [0.4, 0.5) is 5.69 Å². The van der Waals surface area contributed by atoms with Gasteiger partial charge in [0, 0.05) is 6.04 Å². The molecule has 2 aromatic carbocycles. The summed E-state index contributed by atoms with van der Waals surface area (Å²) in [4.78, 5) is 13.1. The fraction of sp³-hybridized carbons (Fsp3) is 0.435. The van der Waals surface area contributed by atoms with E-state index in [-0.39, 0.29) is 23.4 Å². The van der Waals surface area contributed by atoms with Crippen molar-refractivity contribution in [2.75, 3.05) is 10.8 Å². The Morgan fingerprint density at radius 2 is 1.79 bits per heavy atom. The number of fused-ring (bicyclic) bond motifs is 2. The number of nitrogens with zero attached hydrogens (tertiary/aromatic N) is 1. The Kier molecular flexibility index (Phi) is 5.38. The normalized spacial score (nSPS) is 23.2. The first-order valence-electron chi connectivity index (χ1n) is 10.3. The molecular weight excluding hydrogens is 384 g/mol. The van der Waals surface area contributed by atoms with E-state index in [1.54, 1.807) is 36.4 Å². The molecule has 0 radical (unpaired) electrons. The molecule has 2 saturated carbocycles. The highest BCUT2D eigenvalue weighted by Gasteiger charge is 2.40. The summed E-state index contributed by atoms with van der Waals surface area (Å²) < 4.78 is 28.1. The van der Waals surface area contributed by atoms with Crippen molar-refractivity contribution in [1.29, 1.82) is 0 Å². The lowest BCUT2D eigenvalue weighted by Crippen LogP contribution is -2.46. The van der Waals surface area contributed by atoms with Gasteiger partial charge < -0.3 is 5.32 Å². The Bertz CT molecular complexity index is 1000. The molecule has 2 aliphatic carbocycles. The second-order valence-electron chi connectivity index (χ2n) is 8.39. The number of sulfonamides is 1. The van der Waals surface area contributed by atoms with E-state index >= 15 is 0 Å². The molecule has 29 heavy (non-hydrogen) atoms. The summed E-state index contributed by atoms with van der Waals surface area (Å²) in [6.45, 7) is 3.63. The maximum Gasteiger partial charge on any atom is 0.264 e. The number of carbonyl (C=O) groups excluding carboxylic acids is 1. The van der Waals surface area contributed by atoms with Gasteiger partial charge in [0.15, 0.2) is 0 Å². The molecule has 3 atom stereocenters. The van der Waals surface area contributed by atoms with Crippen molar-refractivity contribution < 1.29 is 13.2 Å². The Labute approximate surface area is 173 Å². The van der Waals surface area contributed by atoms with Crippen molar-refractivity contribution >= 4 is 21.6 Å². The molecule has 2 fully saturated rings. The molecule has 0 aromatic heterocycles. The van der Waals surface area contributed by atoms with E-state index in [1.165, 1.54) is 23.6 Å². The average Bonchev–Trinajstić information content (AvgIpc) is 3.32. The summed E-state index contributed by atoms with van der Waals surface area (Å²) in [5.74, 6) is 1.03. The van der Waals surface area contributed by atoms with Gasteiger partial charge in [-0.2, -0.15) is 0 Å². The first kappa shape index (κ1) is 20.0. The highest BCUT2D eigenvalue weighted by Crippen LogP contribution is 2.44. The molecule has 0 aliphatic heterocycles. The van der Waals surface area contributed by atoms with Crippen LogP contribution in [0.1, 0.15) is 36.8 Å². The van der Waals surface area contributed by atoms with Crippen LogP contribution in [0.5, 0.6) is 0 Å². The van der Waals surface area contributed by atoms with Crippen LogP contribution < -0.4 is 9.62 Å². The lowest BCUT2D eigenvalue weighted by molar-refractivity contribution is -0.120. The molecule has 154 valence electrons. The number of hydrogen-bond donors (Lipinski definition) is 1. The molecule has 0 spiro atoms. The highest BCUT2D eigenvalue weighted by molar-refractivity contribution is 7.92. The van der Waals surface area contributed by atoms with Gasteiger partial charge in [-0.1, -0.05) is 36.8 Å². The predicted octanol–water partition coefficient (Wildman–Crippen LogP) is 3.80. The van der Waals surface area contributed by atoms with Gasteiger partial charge in [0.25, 0.3) is 10.0 Å². The molecule has 2 bridgehead atoms. The molecule has 0 saturated heterocycles. The monoisotopic (exact) mass is 412 g/mol. The molecule has 2 aromatic rings. The number of rotatable bonds is 6. The van der Waals surface area contributed by atoms with Gasteiger partial charge in [0.2, 0.25) is 5.91 Å². The number of amides is 1. The highest BCUT2D eigenvalue weighted by atomic mass is 32.2. The smallest absolute Gasteiger partial charge is 0.264 e. The summed E-state index contributed by atoms with van der Waals surface area (Å²) in [5, 5.41) is 3.12. The predicted molar refractivity (Wildman–Crippen MR) is 114 cm³/mol. The Morgan fingerprint density at radius 1 is 1.03 bits per heavy atom. The zero-order chi connectivity index (χ0) is 20.6. The van der Waals surface area contributed by atoms with Crippen molar-refractivity contribution in [3.8, 4) is 0 Å². The molecular formula is C23H28N2O3S. The van der Waals surface area contributed by atoms with Crippen molar-refractivity contribution in [3.05, 3.63) is 59.7 Å². The number of anilines is 1. The lowest BCUT2D eigenvalue weighted by atomic mass is 9.95. The summed E-state index contributed by atoms with van der Waals surface area (Å²) in [5.41, 5.74) is 2.40. The van der Waals surface area contributed by atoms with Gasteiger partial charge in [-0.3, -0.25) is 9.10 Å². The van der Waals surface area contributed by atoms with E-state index in [4.69, 9.17) is 0 Å². The van der Waals surface area contributed by atoms with Crippen LogP contribution >= 0.6 is 0 Å². The maximum absolute atomic E-state index is 13.4. The Morgan fingerprint density at radius 3 is 2.45 bits per heavy atom. The zero-order valence-corrected chi connectivity index (χ0v) is 17.8. The number of carbonyl (C=O) groups is 1. The summed E-state index contributed by atoms with van der Waals surface area (Å²) >= 11 is 0. The van der Waals surface area contributed by atoms with Crippen molar-refractivity contribution in [3.63, 3.8) is 0 Å². The van der Waals surface area contributed by atoms with Crippen LogP contribution in [0.2, 0.25) is 0 Å². The van der Waals surface area contributed by atoms with E-state index in [1.807, 2.05) is 26.0 Å². The van der Waals surface area contributed by atoms with Gasteiger partial charge in [-0.25, -0.2) is 8.42 Å². The van der Waals surface area contributed by atoms with Gasteiger partial charge in [0.1, 0.15) is 6.54 Å². The van der Waals surface area contributed by atoms with Crippen LogP contribution in [-0.4, -0.2) is 26.9 Å². The molecule has 3 unspecified atom stereocenters. The zero-order valence-electron chi connectivity index (χ0n) is 17.0. The van der Waals surface area contributed by atoms with Crippen molar-refractivity contribution in [1.82, 2.24) is 5.32 Å². The standard InChI is InChI=1S/C23H28N2O3S/c1-16-7-6-10-22(17(16)2)25(29(27,28)20-8-4-3-5-9-20)15-23(26)24-21-14-18-11-12-19(21)13-18/h3-10,18-19,21H,11-15H2,1-2H3,(H,24,26). The fourth-order valence-corrected chi connectivity index (χ4v) is 6.33. The third-order valence-electron chi connectivity index (χ3n) is 6.55. The van der Waals surface area contributed by atoms with Crippen LogP contribution in [-0.2, 0) is 14.8 Å². The average molecular weight is 413 g/mol. The summed E-state index contributed by atoms with van der Waals surface area (Å²) in [7, 11) is -3.86. The fourth-order valence-electron chi connectivity index (χ4n) is 4.83. The second kappa shape index (κ2) is 7.82. The maximum atomic E-state index is 13.4. The number of aryl methyl sites for hydroxylation is 1. The molecule has 4 rings (SSSR count). The Hall–Kier alpha value is -2.34. The first-order chi connectivity index (χ1) is 13.9. The molecule has 6 heteroatoms. The van der Waals surface area contributed by atoms with Crippen molar-refractivity contribution in [2.45, 2.75) is 50.5 Å².